The number of aromatic nitrogens is 1. The summed E-state index contributed by atoms with van der Waals surface area (Å²) in [7, 11) is 0. The molecule has 0 saturated carbocycles. The van der Waals surface area contributed by atoms with Gasteiger partial charge in [-0.05, 0) is 17.5 Å². The minimum atomic E-state index is -1.17. The van der Waals surface area contributed by atoms with E-state index in [1.165, 1.54) is 4.90 Å². The number of likely N-dealkylation sites (tertiary alicyclic amines) is 1. The van der Waals surface area contributed by atoms with Crippen LogP contribution in [-0.4, -0.2) is 40.0 Å². The molecule has 6 heteroatoms. The summed E-state index contributed by atoms with van der Waals surface area (Å²) < 4.78 is 15.4. The predicted molar refractivity (Wildman–Crippen MR) is 80.8 cm³/mol. The van der Waals surface area contributed by atoms with Gasteiger partial charge in [0, 0.05) is 31.1 Å². The van der Waals surface area contributed by atoms with Crippen LogP contribution in [0.3, 0.4) is 0 Å². The summed E-state index contributed by atoms with van der Waals surface area (Å²) in [4.78, 5) is 24.9. The predicted octanol–water partition coefficient (Wildman–Crippen LogP) is 1.46. The second-order valence-corrected chi connectivity index (χ2v) is 5.62. The Kier molecular flexibility index (Phi) is 3.83. The summed E-state index contributed by atoms with van der Waals surface area (Å²) in [6, 6.07) is 9.06. The number of aryl methyl sites for hydroxylation is 1. The van der Waals surface area contributed by atoms with Gasteiger partial charge >= 0.3 is 0 Å². The van der Waals surface area contributed by atoms with Gasteiger partial charge < -0.3 is 15.2 Å². The van der Waals surface area contributed by atoms with Crippen molar-refractivity contribution in [3.8, 4) is 0 Å². The average molecular weight is 303 g/mol. The van der Waals surface area contributed by atoms with Gasteiger partial charge in [-0.3, -0.25) is 9.59 Å². The number of amides is 2. The summed E-state index contributed by atoms with van der Waals surface area (Å²) in [5, 5.41) is 1.11. The molecule has 22 heavy (non-hydrogen) atoms. The van der Waals surface area contributed by atoms with Gasteiger partial charge in [0.2, 0.25) is 11.8 Å². The number of fused-ring (bicyclic) bond motifs is 1. The summed E-state index contributed by atoms with van der Waals surface area (Å²) in [5.41, 5.74) is 6.30. The molecule has 2 aromatic rings. The number of halogens is 1. The number of nitrogens with two attached hydrogens (primary N) is 1. The molecule has 0 spiro atoms. The van der Waals surface area contributed by atoms with E-state index in [0.29, 0.717) is 6.54 Å². The van der Waals surface area contributed by atoms with Crippen molar-refractivity contribution in [3.63, 3.8) is 0 Å². The average Bonchev–Trinajstić information content (AvgIpc) is 3.08. The van der Waals surface area contributed by atoms with Gasteiger partial charge in [0.15, 0.2) is 0 Å². The molecule has 0 bridgehead atoms. The summed E-state index contributed by atoms with van der Waals surface area (Å²) in [5.74, 6) is -0.873. The number of benzene rings is 1. The monoisotopic (exact) mass is 303 g/mol. The zero-order valence-electron chi connectivity index (χ0n) is 12.1. The molecule has 2 atom stereocenters. The van der Waals surface area contributed by atoms with Crippen LogP contribution in [0, 0.1) is 0 Å². The minimum absolute atomic E-state index is 0.00746. The Hall–Kier alpha value is -2.37. The Balaban J connectivity index is 1.68. The molecule has 0 unspecified atom stereocenters. The minimum Gasteiger partial charge on any atom is -0.368 e. The third-order valence-corrected chi connectivity index (χ3v) is 4.15. The van der Waals surface area contributed by atoms with E-state index in [1.54, 1.807) is 0 Å². The Bertz CT molecular complexity index is 712. The number of primary amides is 1. The van der Waals surface area contributed by atoms with Crippen LogP contribution in [0.4, 0.5) is 4.39 Å². The lowest BCUT2D eigenvalue weighted by molar-refractivity contribution is -0.137. The molecular formula is C16H18FN3O2. The SMILES string of the molecule is NC(=O)[C@@H]1C[C@@H](F)CN1C(=O)CCn1ccc2ccccc21. The van der Waals surface area contributed by atoms with Crippen LogP contribution in [0.5, 0.6) is 0 Å². The van der Waals surface area contributed by atoms with Gasteiger partial charge in [0.05, 0.1) is 6.54 Å². The van der Waals surface area contributed by atoms with Crippen LogP contribution in [-0.2, 0) is 16.1 Å². The maximum absolute atomic E-state index is 13.5. The van der Waals surface area contributed by atoms with Crippen LogP contribution in [0.1, 0.15) is 12.8 Å². The highest BCUT2D eigenvalue weighted by molar-refractivity contribution is 5.87. The Morgan fingerprint density at radius 1 is 1.27 bits per heavy atom. The lowest BCUT2D eigenvalue weighted by Crippen LogP contribution is -2.43. The van der Waals surface area contributed by atoms with Crippen LogP contribution in [0.15, 0.2) is 36.5 Å². The molecule has 1 aliphatic rings. The largest absolute Gasteiger partial charge is 0.368 e. The lowest BCUT2D eigenvalue weighted by atomic mass is 10.2. The first-order chi connectivity index (χ1) is 10.6. The first-order valence-electron chi connectivity index (χ1n) is 7.33. The molecule has 2 N–H and O–H groups in total. The highest BCUT2D eigenvalue weighted by atomic mass is 19.1. The van der Waals surface area contributed by atoms with Crippen molar-refractivity contribution in [2.24, 2.45) is 5.73 Å². The Morgan fingerprint density at radius 3 is 2.82 bits per heavy atom. The number of rotatable bonds is 4. The topological polar surface area (TPSA) is 68.3 Å². The molecule has 0 aliphatic carbocycles. The van der Waals surface area contributed by atoms with Crippen molar-refractivity contribution in [3.05, 3.63) is 36.5 Å². The molecule has 0 radical (unpaired) electrons. The van der Waals surface area contributed by atoms with E-state index in [2.05, 4.69) is 0 Å². The van der Waals surface area contributed by atoms with Crippen LogP contribution in [0.25, 0.3) is 10.9 Å². The van der Waals surface area contributed by atoms with Gasteiger partial charge in [-0.25, -0.2) is 4.39 Å². The second-order valence-electron chi connectivity index (χ2n) is 5.62. The van der Waals surface area contributed by atoms with Crippen molar-refractivity contribution in [1.29, 1.82) is 0 Å². The number of nitrogens with zero attached hydrogens (tertiary/aromatic N) is 2. The molecule has 1 aromatic heterocycles. The number of para-hydroxylation sites is 1. The highest BCUT2D eigenvalue weighted by Crippen LogP contribution is 2.22. The van der Waals surface area contributed by atoms with E-state index >= 15 is 0 Å². The Labute approximate surface area is 127 Å². The fraction of sp³-hybridized carbons (Fsp3) is 0.375. The second kappa shape index (κ2) is 5.79. The standard InChI is InChI=1S/C16H18FN3O2/c17-12-9-14(16(18)22)20(10-12)15(21)6-8-19-7-5-11-3-1-2-4-13(11)19/h1-5,7,12,14H,6,8-10H2,(H2,18,22)/t12-,14+/m1/s1. The van der Waals surface area contributed by atoms with Gasteiger partial charge in [0.1, 0.15) is 12.2 Å². The van der Waals surface area contributed by atoms with Crippen molar-refractivity contribution in [1.82, 2.24) is 9.47 Å². The molecule has 3 rings (SSSR count). The van der Waals surface area contributed by atoms with E-state index in [9.17, 15) is 14.0 Å². The molecule has 116 valence electrons. The first-order valence-corrected chi connectivity index (χ1v) is 7.33. The zero-order chi connectivity index (χ0) is 15.7. The smallest absolute Gasteiger partial charge is 0.240 e. The number of hydrogen-bond donors (Lipinski definition) is 1. The molecule has 1 aromatic carbocycles. The van der Waals surface area contributed by atoms with Crippen molar-refractivity contribution in [2.75, 3.05) is 6.54 Å². The van der Waals surface area contributed by atoms with Crippen LogP contribution < -0.4 is 5.73 Å². The van der Waals surface area contributed by atoms with Crippen molar-refractivity contribution in [2.45, 2.75) is 31.6 Å². The molecule has 1 aliphatic heterocycles. The number of hydrogen-bond acceptors (Lipinski definition) is 2. The van der Waals surface area contributed by atoms with Crippen LogP contribution in [0.2, 0.25) is 0 Å². The number of alkyl halides is 1. The van der Waals surface area contributed by atoms with Crippen molar-refractivity contribution >= 4 is 22.7 Å². The number of carbonyl (C=O) groups excluding carboxylic acids is 2. The first kappa shape index (κ1) is 14.6. The van der Waals surface area contributed by atoms with Gasteiger partial charge in [-0.2, -0.15) is 0 Å². The third-order valence-electron chi connectivity index (χ3n) is 4.15. The zero-order valence-corrected chi connectivity index (χ0v) is 12.1. The summed E-state index contributed by atoms with van der Waals surface area (Å²) in [6.07, 6.45) is 0.975. The maximum Gasteiger partial charge on any atom is 0.240 e. The van der Waals surface area contributed by atoms with Crippen LogP contribution >= 0.6 is 0 Å². The molecular weight excluding hydrogens is 285 g/mol. The number of carbonyl (C=O) groups is 2. The Morgan fingerprint density at radius 2 is 2.05 bits per heavy atom. The fourth-order valence-corrected chi connectivity index (χ4v) is 3.03. The van der Waals surface area contributed by atoms with E-state index in [1.807, 2.05) is 41.1 Å². The van der Waals surface area contributed by atoms with Gasteiger partial charge in [-0.15, -0.1) is 0 Å². The highest BCUT2D eigenvalue weighted by Gasteiger charge is 2.38. The molecule has 1 fully saturated rings. The van der Waals surface area contributed by atoms with E-state index < -0.39 is 18.1 Å². The summed E-state index contributed by atoms with van der Waals surface area (Å²) >= 11 is 0. The summed E-state index contributed by atoms with van der Waals surface area (Å²) in [6.45, 7) is 0.449. The van der Waals surface area contributed by atoms with E-state index in [4.69, 9.17) is 5.73 Å². The normalized spacial score (nSPS) is 21.4. The molecule has 5 nitrogen and oxygen atoms in total. The fourth-order valence-electron chi connectivity index (χ4n) is 3.03. The van der Waals surface area contributed by atoms with Gasteiger partial charge in [-0.1, -0.05) is 18.2 Å². The molecule has 2 heterocycles. The van der Waals surface area contributed by atoms with Gasteiger partial charge in [0.25, 0.3) is 0 Å². The third kappa shape index (κ3) is 2.68. The van der Waals surface area contributed by atoms with Crippen molar-refractivity contribution < 1.29 is 14.0 Å². The quantitative estimate of drug-likeness (QED) is 0.929. The molecule has 1 saturated heterocycles. The van der Waals surface area contributed by atoms with E-state index in [0.717, 1.165) is 10.9 Å². The molecule has 2 amide bonds. The lowest BCUT2D eigenvalue weighted by Gasteiger charge is -2.22. The van der Waals surface area contributed by atoms with E-state index in [-0.39, 0.29) is 25.3 Å². The maximum atomic E-state index is 13.5.